The highest BCUT2D eigenvalue weighted by Crippen LogP contribution is 2.33. The molecule has 0 spiro atoms. The van der Waals surface area contributed by atoms with E-state index in [0.717, 1.165) is 0 Å². The number of ether oxygens (including phenoxy) is 2. The fraction of sp³-hybridized carbons (Fsp3) is 0.333. The van der Waals surface area contributed by atoms with E-state index in [4.69, 9.17) is 30.7 Å². The number of allylic oxidation sites excluding steroid dienone is 2. The summed E-state index contributed by atoms with van der Waals surface area (Å²) >= 11 is 0. The summed E-state index contributed by atoms with van der Waals surface area (Å²) in [7, 11) is -1.33. The molecule has 4 amide bonds. The fourth-order valence-electron chi connectivity index (χ4n) is 6.70. The zero-order chi connectivity index (χ0) is 43.5. The van der Waals surface area contributed by atoms with Crippen LogP contribution in [0, 0.1) is 18.6 Å². The van der Waals surface area contributed by atoms with E-state index in [1.54, 1.807) is 56.6 Å². The smallest absolute Gasteiger partial charge is 0.276 e. The van der Waals surface area contributed by atoms with Gasteiger partial charge in [0.2, 0.25) is 23.7 Å². The van der Waals surface area contributed by atoms with E-state index in [1.807, 2.05) is 13.8 Å². The molecular weight excluding hydrogens is 795 g/mol. The maximum atomic E-state index is 13.7. The minimum Gasteiger partial charge on any atom is -0.494 e. The minimum absolute atomic E-state index is 0.0683. The van der Waals surface area contributed by atoms with Gasteiger partial charge in [-0.3, -0.25) is 48.2 Å². The van der Waals surface area contributed by atoms with Gasteiger partial charge in [-0.15, -0.1) is 0 Å². The van der Waals surface area contributed by atoms with E-state index in [2.05, 4.69) is 25.8 Å². The number of amides is 4. The summed E-state index contributed by atoms with van der Waals surface area (Å²) in [5, 5.41) is 14.5. The van der Waals surface area contributed by atoms with E-state index in [1.165, 1.54) is 37.6 Å². The van der Waals surface area contributed by atoms with Crippen LogP contribution in [0.15, 0.2) is 48.6 Å². The molecule has 21 heteroatoms. The van der Waals surface area contributed by atoms with Crippen molar-refractivity contribution in [3.63, 3.8) is 0 Å². The standard InChI is InChI=1S/C39H47N13O7S/c1-7-51-28(16-22(3)47-51)36(55)45-38-43-26-18-24(34(40)53)20-30(58-5)32(26)49(38)12-9-10-13-50-33-27(44-39(50)46-37(56)29-17-23(4)48-52(29)8-2)19-25(35(41)54)21-31(33)59-14-11-15-60(6,42)57/h9-10,16-21,42H,7-8,11-15H2,1-6H3,(H2,40,53)(H2,41,54)(H,43,45,55)(H,44,46,56)/b10-9+. The van der Waals surface area contributed by atoms with E-state index in [-0.39, 0.29) is 54.2 Å². The number of primary amides is 2. The first-order valence-electron chi connectivity index (χ1n) is 18.9. The van der Waals surface area contributed by atoms with Crippen molar-refractivity contribution in [2.24, 2.45) is 11.5 Å². The molecule has 0 saturated heterocycles. The number of imidazole rings is 2. The molecule has 0 radical (unpaired) electrons. The van der Waals surface area contributed by atoms with Gasteiger partial charge in [0.05, 0.1) is 36.1 Å². The number of carbonyl (C=O) groups excluding carboxylic acids is 4. The number of carbonyl (C=O) groups is 4. The van der Waals surface area contributed by atoms with Crippen LogP contribution in [0.25, 0.3) is 22.1 Å². The summed E-state index contributed by atoms with van der Waals surface area (Å²) in [4.78, 5) is 61.3. The van der Waals surface area contributed by atoms with E-state index in [0.29, 0.717) is 70.1 Å². The zero-order valence-corrected chi connectivity index (χ0v) is 34.9. The van der Waals surface area contributed by atoms with Gasteiger partial charge in [-0.05, 0) is 70.5 Å². The minimum atomic E-state index is -2.77. The molecule has 0 aliphatic heterocycles. The van der Waals surface area contributed by atoms with Gasteiger partial charge in [-0.2, -0.15) is 10.2 Å². The Bertz CT molecular complexity index is 2790. The number of nitrogens with two attached hydrogens (primary N) is 2. The Morgan fingerprint density at radius 2 is 1.22 bits per heavy atom. The molecule has 0 aliphatic carbocycles. The predicted molar refractivity (Wildman–Crippen MR) is 225 cm³/mol. The molecule has 316 valence electrons. The summed E-state index contributed by atoms with van der Waals surface area (Å²) in [5.41, 5.74) is 15.1. The number of anilines is 2. The van der Waals surface area contributed by atoms with Crippen molar-refractivity contribution in [3.8, 4) is 11.5 Å². The van der Waals surface area contributed by atoms with Crippen molar-refractivity contribution >= 4 is 67.3 Å². The highest BCUT2D eigenvalue weighted by atomic mass is 32.2. The summed E-state index contributed by atoms with van der Waals surface area (Å²) < 4.78 is 38.2. The van der Waals surface area contributed by atoms with Gasteiger partial charge >= 0.3 is 0 Å². The topological polar surface area (TPSA) is 275 Å². The Hall–Kier alpha value is -7.03. The molecule has 2 aromatic carbocycles. The third kappa shape index (κ3) is 9.15. The number of nitrogens with zero attached hydrogens (tertiary/aromatic N) is 8. The zero-order valence-electron chi connectivity index (χ0n) is 34.1. The summed E-state index contributed by atoms with van der Waals surface area (Å²) in [6, 6.07) is 9.31. The van der Waals surface area contributed by atoms with Crippen molar-refractivity contribution in [2.45, 2.75) is 60.3 Å². The summed E-state index contributed by atoms with van der Waals surface area (Å²) in [6.07, 6.45) is 5.24. The highest BCUT2D eigenvalue weighted by Gasteiger charge is 2.24. The van der Waals surface area contributed by atoms with Crippen molar-refractivity contribution in [2.75, 3.05) is 36.4 Å². The van der Waals surface area contributed by atoms with Crippen LogP contribution in [0.2, 0.25) is 0 Å². The number of nitrogens with one attached hydrogen (secondary N) is 3. The van der Waals surface area contributed by atoms with Crippen LogP contribution < -0.4 is 31.6 Å². The lowest BCUT2D eigenvalue weighted by Crippen LogP contribution is -2.20. The Balaban J connectivity index is 1.41. The number of aryl methyl sites for hydroxylation is 4. The van der Waals surface area contributed by atoms with Gasteiger partial charge in [0.25, 0.3) is 11.8 Å². The van der Waals surface area contributed by atoms with Gasteiger partial charge in [0, 0.05) is 59.0 Å². The quantitative estimate of drug-likeness (QED) is 0.0612. The largest absolute Gasteiger partial charge is 0.494 e. The van der Waals surface area contributed by atoms with Crippen LogP contribution >= 0.6 is 0 Å². The lowest BCUT2D eigenvalue weighted by atomic mass is 10.1. The first-order valence-corrected chi connectivity index (χ1v) is 21.1. The van der Waals surface area contributed by atoms with Crippen LogP contribution in [0.1, 0.15) is 73.3 Å². The molecule has 0 bridgehead atoms. The molecule has 0 aliphatic rings. The van der Waals surface area contributed by atoms with Crippen molar-refractivity contribution in [1.82, 2.24) is 38.7 Å². The number of benzene rings is 2. The first kappa shape index (κ1) is 42.6. The molecule has 20 nitrogen and oxygen atoms in total. The third-order valence-corrected chi connectivity index (χ3v) is 10.5. The van der Waals surface area contributed by atoms with Gasteiger partial charge in [-0.1, -0.05) is 12.2 Å². The molecule has 7 N–H and O–H groups in total. The number of fused-ring (bicyclic) bond motifs is 2. The van der Waals surface area contributed by atoms with Gasteiger partial charge in [0.1, 0.15) is 33.9 Å². The Kier molecular flexibility index (Phi) is 12.4. The molecule has 0 saturated carbocycles. The number of methoxy groups -OCH3 is 1. The van der Waals surface area contributed by atoms with Gasteiger partial charge < -0.3 is 30.1 Å². The lowest BCUT2D eigenvalue weighted by molar-refractivity contribution is 0.0991. The van der Waals surface area contributed by atoms with Crippen LogP contribution in [-0.2, 0) is 35.9 Å². The fourth-order valence-corrected chi connectivity index (χ4v) is 7.37. The second-order valence-corrected chi connectivity index (χ2v) is 16.4. The van der Waals surface area contributed by atoms with Crippen molar-refractivity contribution < 1.29 is 32.9 Å². The average molecular weight is 842 g/mol. The number of hydrogen-bond donors (Lipinski definition) is 5. The summed E-state index contributed by atoms with van der Waals surface area (Å²) in [6.45, 7) is 8.51. The normalized spacial score (nSPS) is 12.6. The molecule has 4 heterocycles. The molecule has 1 unspecified atom stereocenters. The second kappa shape index (κ2) is 17.4. The van der Waals surface area contributed by atoms with Gasteiger partial charge in [0.15, 0.2) is 0 Å². The van der Waals surface area contributed by atoms with Gasteiger partial charge in [-0.25, -0.2) is 9.97 Å². The molecule has 0 fully saturated rings. The maximum absolute atomic E-state index is 13.7. The Morgan fingerprint density at radius 3 is 1.63 bits per heavy atom. The molecule has 1 atom stereocenters. The van der Waals surface area contributed by atoms with E-state index >= 15 is 0 Å². The number of aromatic nitrogens is 8. The Labute approximate surface area is 344 Å². The monoisotopic (exact) mass is 841 g/mol. The molecule has 6 aromatic rings. The predicted octanol–water partition coefficient (Wildman–Crippen LogP) is 3.85. The first-order chi connectivity index (χ1) is 28.5. The SMILES string of the molecule is CCn1nc(C)cc1C(=O)Nc1nc2cc(C(N)=O)cc(OC)c2n1C/C=C/Cn1c(NC(=O)c2cc(C)nn2CC)nc2cc(C(N)=O)cc(OCCCS(C)(=N)=O)c21. The Morgan fingerprint density at radius 1 is 0.767 bits per heavy atom. The molecule has 6 rings (SSSR count). The lowest BCUT2D eigenvalue weighted by Gasteiger charge is -2.13. The van der Waals surface area contributed by atoms with Crippen LogP contribution in [-0.4, -0.2) is 92.2 Å². The van der Waals surface area contributed by atoms with Crippen molar-refractivity contribution in [1.29, 1.82) is 4.78 Å². The molecular formula is C39H47N13O7S. The molecule has 60 heavy (non-hydrogen) atoms. The average Bonchev–Trinajstić information content (AvgIpc) is 3.96. The van der Waals surface area contributed by atoms with E-state index < -0.39 is 33.4 Å². The maximum Gasteiger partial charge on any atom is 0.276 e. The summed E-state index contributed by atoms with van der Waals surface area (Å²) in [5.74, 6) is -1.44. The second-order valence-electron chi connectivity index (χ2n) is 14.0. The highest BCUT2D eigenvalue weighted by molar-refractivity contribution is 7.91. The van der Waals surface area contributed by atoms with Crippen molar-refractivity contribution in [3.05, 3.63) is 82.5 Å². The van der Waals surface area contributed by atoms with Crippen LogP contribution in [0.3, 0.4) is 0 Å². The third-order valence-electron chi connectivity index (χ3n) is 9.40. The number of hydrogen-bond acceptors (Lipinski definition) is 12. The molecule has 4 aromatic heterocycles. The number of rotatable bonds is 18. The van der Waals surface area contributed by atoms with Crippen LogP contribution in [0.5, 0.6) is 11.5 Å². The van der Waals surface area contributed by atoms with Crippen LogP contribution in [0.4, 0.5) is 11.9 Å². The van der Waals surface area contributed by atoms with E-state index in [9.17, 15) is 23.4 Å².